The third-order valence-corrected chi connectivity index (χ3v) is 4.39. The van der Waals surface area contributed by atoms with Gasteiger partial charge in [0.2, 0.25) is 0 Å². The van der Waals surface area contributed by atoms with Crippen LogP contribution in [0.3, 0.4) is 0 Å². The first-order valence-electron chi connectivity index (χ1n) is 6.83. The Morgan fingerprint density at radius 3 is 2.91 bits per heavy atom. The number of tetrazole rings is 1. The highest BCUT2D eigenvalue weighted by Crippen LogP contribution is 2.18. The van der Waals surface area contributed by atoms with Gasteiger partial charge in [-0.3, -0.25) is 0 Å². The van der Waals surface area contributed by atoms with E-state index in [0.29, 0.717) is 10.6 Å². The van der Waals surface area contributed by atoms with Crippen molar-refractivity contribution in [2.24, 2.45) is 0 Å². The molecule has 7 nitrogen and oxygen atoms in total. The van der Waals surface area contributed by atoms with Crippen LogP contribution in [0.15, 0.2) is 52.9 Å². The van der Waals surface area contributed by atoms with Crippen molar-refractivity contribution in [1.82, 2.24) is 24.2 Å². The number of aromatic nitrogens is 5. The van der Waals surface area contributed by atoms with E-state index >= 15 is 0 Å². The smallest absolute Gasteiger partial charge is 0.322 e. The number of nitriles is 1. The standard InChI is InChI=1S/C15H10N6OS/c16-8-12-11(9-19-6-2-1-4-13(12)19)10-20-15(22)21(18-17-20)14-5-3-7-23-14/h1-7,9H,10H2. The third kappa shape index (κ3) is 2.15. The van der Waals surface area contributed by atoms with Crippen molar-refractivity contribution >= 4 is 16.9 Å². The lowest BCUT2D eigenvalue weighted by Crippen LogP contribution is -2.24. The molecular formula is C15H10N6OS. The Bertz CT molecular complexity index is 1080. The van der Waals surface area contributed by atoms with E-state index in [-0.39, 0.29) is 12.2 Å². The highest BCUT2D eigenvalue weighted by molar-refractivity contribution is 7.12. The normalized spacial score (nSPS) is 10.9. The summed E-state index contributed by atoms with van der Waals surface area (Å²) in [5.74, 6) is 0. The molecule has 4 rings (SSSR count). The van der Waals surface area contributed by atoms with E-state index in [2.05, 4.69) is 16.5 Å². The molecule has 0 bridgehead atoms. The van der Waals surface area contributed by atoms with Gasteiger partial charge in [-0.15, -0.1) is 11.3 Å². The Balaban J connectivity index is 1.78. The molecule has 0 aliphatic carbocycles. The molecule has 0 fully saturated rings. The molecule has 0 saturated heterocycles. The second kappa shape index (κ2) is 5.23. The average molecular weight is 322 g/mol. The fraction of sp³-hybridized carbons (Fsp3) is 0.0667. The van der Waals surface area contributed by atoms with Crippen molar-refractivity contribution in [3.8, 4) is 11.1 Å². The summed E-state index contributed by atoms with van der Waals surface area (Å²) in [6, 6.07) is 11.5. The minimum absolute atomic E-state index is 0.203. The molecule has 0 aromatic carbocycles. The first kappa shape index (κ1) is 13.5. The monoisotopic (exact) mass is 322 g/mol. The molecule has 0 atom stereocenters. The topological polar surface area (TPSA) is 80.9 Å². The number of pyridine rings is 1. The Labute approximate surface area is 134 Å². The fourth-order valence-corrected chi connectivity index (χ4v) is 3.16. The van der Waals surface area contributed by atoms with Crippen LogP contribution >= 0.6 is 11.3 Å². The first-order valence-corrected chi connectivity index (χ1v) is 7.71. The van der Waals surface area contributed by atoms with E-state index < -0.39 is 0 Å². The van der Waals surface area contributed by atoms with Gasteiger partial charge in [0.1, 0.15) is 11.1 Å². The van der Waals surface area contributed by atoms with Crippen LogP contribution in [0.2, 0.25) is 0 Å². The van der Waals surface area contributed by atoms with E-state index in [1.165, 1.54) is 20.7 Å². The predicted molar refractivity (Wildman–Crippen MR) is 84.7 cm³/mol. The average Bonchev–Trinajstić information content (AvgIpc) is 3.27. The largest absolute Gasteiger partial charge is 0.369 e. The van der Waals surface area contributed by atoms with Crippen molar-refractivity contribution in [1.29, 1.82) is 5.26 Å². The van der Waals surface area contributed by atoms with Gasteiger partial charge in [-0.1, -0.05) is 6.07 Å². The van der Waals surface area contributed by atoms with Crippen molar-refractivity contribution in [2.45, 2.75) is 6.54 Å². The Hall–Kier alpha value is -3.18. The molecule has 0 unspecified atom stereocenters. The Kier molecular flexibility index (Phi) is 3.06. The Morgan fingerprint density at radius 2 is 2.13 bits per heavy atom. The molecule has 0 spiro atoms. The summed E-state index contributed by atoms with van der Waals surface area (Å²) in [6.07, 6.45) is 3.70. The SMILES string of the molecule is N#Cc1c(Cn2nnn(-c3cccs3)c2=O)cn2ccccc12. The van der Waals surface area contributed by atoms with Crippen molar-refractivity contribution in [3.63, 3.8) is 0 Å². The fourth-order valence-electron chi connectivity index (χ4n) is 2.49. The molecule has 0 amide bonds. The summed E-state index contributed by atoms with van der Waals surface area (Å²) in [5.41, 5.74) is 1.76. The molecular weight excluding hydrogens is 312 g/mol. The number of rotatable bonds is 3. The number of fused-ring (bicyclic) bond motifs is 1. The molecule has 0 aliphatic rings. The highest BCUT2D eigenvalue weighted by atomic mass is 32.1. The third-order valence-electron chi connectivity index (χ3n) is 3.55. The maximum absolute atomic E-state index is 12.4. The van der Waals surface area contributed by atoms with Gasteiger partial charge in [-0.05, 0) is 40.1 Å². The zero-order valence-corrected chi connectivity index (χ0v) is 12.6. The van der Waals surface area contributed by atoms with Crippen molar-refractivity contribution < 1.29 is 0 Å². The molecule has 0 saturated carbocycles. The quantitative estimate of drug-likeness (QED) is 0.574. The molecule has 0 radical (unpaired) electrons. The van der Waals surface area contributed by atoms with E-state index in [1.807, 2.05) is 46.4 Å². The maximum atomic E-state index is 12.4. The van der Waals surface area contributed by atoms with E-state index in [4.69, 9.17) is 0 Å². The van der Waals surface area contributed by atoms with Crippen LogP contribution in [0.4, 0.5) is 0 Å². The molecule has 8 heteroatoms. The highest BCUT2D eigenvalue weighted by Gasteiger charge is 2.14. The molecule has 112 valence electrons. The van der Waals surface area contributed by atoms with Gasteiger partial charge in [0.05, 0.1) is 17.6 Å². The van der Waals surface area contributed by atoms with Crippen LogP contribution in [0.5, 0.6) is 0 Å². The van der Waals surface area contributed by atoms with Crippen molar-refractivity contribution in [2.75, 3.05) is 0 Å². The van der Waals surface area contributed by atoms with Gasteiger partial charge in [0.25, 0.3) is 0 Å². The van der Waals surface area contributed by atoms with Crippen LogP contribution in [0, 0.1) is 11.3 Å². The zero-order valence-electron chi connectivity index (χ0n) is 11.8. The van der Waals surface area contributed by atoms with Gasteiger partial charge in [0, 0.05) is 18.0 Å². The molecule has 4 aromatic rings. The van der Waals surface area contributed by atoms with E-state index in [9.17, 15) is 10.1 Å². The van der Waals surface area contributed by atoms with Crippen LogP contribution in [-0.2, 0) is 6.54 Å². The summed E-state index contributed by atoms with van der Waals surface area (Å²) in [5, 5.41) is 19.8. The van der Waals surface area contributed by atoms with Crippen LogP contribution in [0.25, 0.3) is 10.5 Å². The molecule has 0 aliphatic heterocycles. The summed E-state index contributed by atoms with van der Waals surface area (Å²) in [6.45, 7) is 0.203. The minimum Gasteiger partial charge on any atom is -0.322 e. The molecule has 4 aromatic heterocycles. The Morgan fingerprint density at radius 1 is 1.22 bits per heavy atom. The molecule has 4 heterocycles. The number of thiophene rings is 1. The van der Waals surface area contributed by atoms with Crippen LogP contribution < -0.4 is 5.69 Å². The molecule has 0 N–H and O–H groups in total. The van der Waals surface area contributed by atoms with E-state index in [0.717, 1.165) is 11.1 Å². The maximum Gasteiger partial charge on any atom is 0.369 e. The van der Waals surface area contributed by atoms with Gasteiger partial charge >= 0.3 is 5.69 Å². The predicted octanol–water partition coefficient (Wildman–Crippen LogP) is 1.66. The summed E-state index contributed by atoms with van der Waals surface area (Å²) in [7, 11) is 0. The summed E-state index contributed by atoms with van der Waals surface area (Å²) in [4.78, 5) is 12.4. The van der Waals surface area contributed by atoms with Crippen molar-refractivity contribution in [3.05, 3.63) is 69.7 Å². The second-order valence-electron chi connectivity index (χ2n) is 4.92. The second-order valence-corrected chi connectivity index (χ2v) is 5.84. The van der Waals surface area contributed by atoms with Gasteiger partial charge < -0.3 is 4.40 Å². The zero-order chi connectivity index (χ0) is 15.8. The molecule has 23 heavy (non-hydrogen) atoms. The van der Waals surface area contributed by atoms with E-state index in [1.54, 1.807) is 6.07 Å². The number of hydrogen-bond acceptors (Lipinski definition) is 5. The summed E-state index contributed by atoms with van der Waals surface area (Å²) >= 11 is 1.41. The van der Waals surface area contributed by atoms with Gasteiger partial charge in [-0.25, -0.2) is 4.79 Å². The summed E-state index contributed by atoms with van der Waals surface area (Å²) < 4.78 is 4.38. The van der Waals surface area contributed by atoms with Gasteiger partial charge in [0.15, 0.2) is 0 Å². The van der Waals surface area contributed by atoms with Crippen LogP contribution in [-0.4, -0.2) is 24.2 Å². The lowest BCUT2D eigenvalue weighted by molar-refractivity contribution is 0.631. The lowest BCUT2D eigenvalue weighted by Gasteiger charge is -1.96. The lowest BCUT2D eigenvalue weighted by atomic mass is 10.2. The van der Waals surface area contributed by atoms with Crippen LogP contribution in [0.1, 0.15) is 11.1 Å². The number of hydrogen-bond donors (Lipinski definition) is 0. The minimum atomic E-state index is -0.327. The number of nitrogens with zero attached hydrogens (tertiary/aromatic N) is 6. The first-order chi connectivity index (χ1) is 11.3. The van der Waals surface area contributed by atoms with Gasteiger partial charge in [-0.2, -0.15) is 14.6 Å².